The fraction of sp³-hybridized carbons (Fsp3) is 0.150. The smallest absolute Gasteiger partial charge is 0.266 e. The average molecular weight is 737 g/mol. The lowest BCUT2D eigenvalue weighted by molar-refractivity contribution is 0.414. The predicted octanol–water partition coefficient (Wildman–Crippen LogP) is 4.66. The Balaban J connectivity index is 0.000000193. The van der Waals surface area contributed by atoms with Crippen LogP contribution in [-0.4, -0.2) is 60.7 Å². The van der Waals surface area contributed by atoms with Gasteiger partial charge in [0.15, 0.2) is 23.3 Å². The summed E-state index contributed by atoms with van der Waals surface area (Å²) >= 11 is 0. The second-order valence-corrected chi connectivity index (χ2v) is 12.5. The highest BCUT2D eigenvalue weighted by Crippen LogP contribution is 2.33. The van der Waals surface area contributed by atoms with Crippen molar-refractivity contribution in [2.45, 2.75) is 6.54 Å². The van der Waals surface area contributed by atoms with Crippen molar-refractivity contribution in [3.8, 4) is 51.0 Å². The summed E-state index contributed by atoms with van der Waals surface area (Å²) in [4.78, 5) is 43.8. The molecule has 7 aromatic rings. The van der Waals surface area contributed by atoms with Gasteiger partial charge in [-0.3, -0.25) is 9.59 Å². The molecule has 0 aliphatic carbocycles. The van der Waals surface area contributed by atoms with Crippen molar-refractivity contribution in [2.24, 2.45) is 14.1 Å². The Morgan fingerprint density at radius 2 is 1.11 bits per heavy atom. The molecule has 0 amide bonds. The number of nitrogens with zero attached hydrogens (tertiary/aromatic N) is 9. The first kappa shape index (κ1) is 37.3. The number of rotatable bonds is 9. The van der Waals surface area contributed by atoms with Crippen molar-refractivity contribution >= 4 is 23.3 Å². The molecule has 0 fully saturated rings. The molecule has 0 radical (unpaired) electrons. The Morgan fingerprint density at radius 1 is 0.618 bits per heavy atom. The summed E-state index contributed by atoms with van der Waals surface area (Å²) in [5.74, 6) is 2.41. The quantitative estimate of drug-likeness (QED) is 0.185. The van der Waals surface area contributed by atoms with Gasteiger partial charge in [0.1, 0.15) is 39.9 Å². The van der Waals surface area contributed by atoms with Gasteiger partial charge in [-0.05, 0) is 29.8 Å². The lowest BCUT2D eigenvalue weighted by Crippen LogP contribution is -2.19. The van der Waals surface area contributed by atoms with Gasteiger partial charge in [0.25, 0.3) is 11.1 Å². The zero-order valence-electron chi connectivity index (χ0n) is 31.0. The van der Waals surface area contributed by atoms with Crippen LogP contribution >= 0.6 is 0 Å². The molecule has 7 rings (SSSR count). The molecule has 0 aliphatic rings. The molecule has 55 heavy (non-hydrogen) atoms. The van der Waals surface area contributed by atoms with E-state index in [-0.39, 0.29) is 16.9 Å². The van der Waals surface area contributed by atoms with Gasteiger partial charge in [0.2, 0.25) is 0 Å². The molecule has 4 aromatic heterocycles. The van der Waals surface area contributed by atoms with Crippen LogP contribution in [0.5, 0.6) is 5.75 Å². The van der Waals surface area contributed by atoms with E-state index < -0.39 is 0 Å². The van der Waals surface area contributed by atoms with Crippen LogP contribution in [0.25, 0.3) is 45.3 Å². The van der Waals surface area contributed by atoms with Crippen LogP contribution in [0.3, 0.4) is 0 Å². The van der Waals surface area contributed by atoms with Crippen LogP contribution in [0.15, 0.2) is 119 Å². The largest absolute Gasteiger partial charge is 0.497 e. The zero-order chi connectivity index (χ0) is 39.1. The van der Waals surface area contributed by atoms with Crippen molar-refractivity contribution in [3.05, 3.63) is 135 Å². The van der Waals surface area contributed by atoms with Crippen LogP contribution in [0.2, 0.25) is 0 Å². The summed E-state index contributed by atoms with van der Waals surface area (Å²) in [6, 6.07) is 33.2. The van der Waals surface area contributed by atoms with E-state index in [2.05, 4.69) is 30.5 Å². The Labute approximate surface area is 317 Å². The number of hydrogen-bond acceptors (Lipinski definition) is 13. The van der Waals surface area contributed by atoms with Crippen LogP contribution in [0, 0.1) is 0 Å². The Hall–Kier alpha value is -7.42. The molecule has 278 valence electrons. The van der Waals surface area contributed by atoms with Crippen molar-refractivity contribution in [1.29, 1.82) is 0 Å². The molecule has 3 aromatic carbocycles. The van der Waals surface area contributed by atoms with Gasteiger partial charge in [-0.1, -0.05) is 72.8 Å². The molecule has 0 unspecified atom stereocenters. The number of ether oxygens (including phenoxy) is 1. The summed E-state index contributed by atoms with van der Waals surface area (Å²) in [6.07, 6.45) is 0. The third-order valence-corrected chi connectivity index (χ3v) is 8.37. The number of benzene rings is 3. The number of hydrogen-bond donors (Lipinski definition) is 3. The zero-order valence-corrected chi connectivity index (χ0v) is 31.0. The summed E-state index contributed by atoms with van der Waals surface area (Å²) < 4.78 is 7.74. The second kappa shape index (κ2) is 16.5. The van der Waals surface area contributed by atoms with Crippen molar-refractivity contribution < 1.29 is 4.74 Å². The lowest BCUT2D eigenvalue weighted by Gasteiger charge is -2.17. The first-order chi connectivity index (χ1) is 26.5. The topological polar surface area (TPSA) is 198 Å². The van der Waals surface area contributed by atoms with E-state index >= 15 is 0 Å². The minimum absolute atomic E-state index is 0.184. The number of nitrogens with one attached hydrogen (secondary N) is 1. The lowest BCUT2D eigenvalue weighted by atomic mass is 10.1. The molecule has 15 nitrogen and oxygen atoms in total. The standard InChI is InChI=1S/C23H22N6O2.C17H18N6O/c1-29-19(30)13-12-18(28-29)21-20(16-6-4-3-5-7-16)26-22(24)23(27-21)25-14-15-8-10-17(31-2)11-9-15;1-22(2)17-16(18)19-14(11-7-5-4-6-8-11)15(20-17)12-9-10-13(24)23(3)21-12/h3-13H,14H2,1-2H3,(H2,24,26)(H,25,27);4-10H,1-3H3,(H2,18,19). The SMILES string of the molecule is CN(C)c1nc(-c2ccc(=O)n(C)n2)c(-c2ccccc2)nc1N.COc1ccc(CNc2nc(-c3ccc(=O)n(C)n3)c(-c3ccccc3)nc2N)cc1. The monoisotopic (exact) mass is 736 g/mol. The number of nitrogens with two attached hydrogens (primary N) is 2. The van der Waals surface area contributed by atoms with Gasteiger partial charge in [0, 0.05) is 58.0 Å². The van der Waals surface area contributed by atoms with E-state index in [0.29, 0.717) is 58.2 Å². The van der Waals surface area contributed by atoms with E-state index in [4.69, 9.17) is 21.2 Å². The van der Waals surface area contributed by atoms with Gasteiger partial charge >= 0.3 is 0 Å². The van der Waals surface area contributed by atoms with E-state index in [1.807, 2.05) is 99.0 Å². The first-order valence-corrected chi connectivity index (χ1v) is 17.1. The average Bonchev–Trinajstić information content (AvgIpc) is 3.20. The molecule has 15 heteroatoms. The Morgan fingerprint density at radius 3 is 1.58 bits per heavy atom. The van der Waals surface area contributed by atoms with Gasteiger partial charge < -0.3 is 26.4 Å². The predicted molar refractivity (Wildman–Crippen MR) is 215 cm³/mol. The normalized spacial score (nSPS) is 10.6. The Kier molecular flexibility index (Phi) is 11.2. The number of anilines is 4. The molecule has 5 N–H and O–H groups in total. The molecular formula is C40H40N12O3. The van der Waals surface area contributed by atoms with Crippen LogP contribution in [0.4, 0.5) is 23.3 Å². The van der Waals surface area contributed by atoms with Gasteiger partial charge in [0.05, 0.1) is 7.11 Å². The molecule has 0 atom stereocenters. The van der Waals surface area contributed by atoms with Gasteiger partial charge in [-0.25, -0.2) is 29.3 Å². The maximum Gasteiger partial charge on any atom is 0.266 e. The summed E-state index contributed by atoms with van der Waals surface area (Å²) in [6.45, 7) is 0.508. The van der Waals surface area contributed by atoms with E-state index in [1.165, 1.54) is 21.5 Å². The van der Waals surface area contributed by atoms with Crippen molar-refractivity contribution in [1.82, 2.24) is 39.5 Å². The fourth-order valence-corrected chi connectivity index (χ4v) is 5.49. The van der Waals surface area contributed by atoms with Crippen molar-refractivity contribution in [2.75, 3.05) is 42.9 Å². The third-order valence-electron chi connectivity index (χ3n) is 8.37. The second-order valence-electron chi connectivity index (χ2n) is 12.5. The minimum atomic E-state index is -0.203. The highest BCUT2D eigenvalue weighted by atomic mass is 16.5. The number of aromatic nitrogens is 8. The maximum absolute atomic E-state index is 11.8. The molecule has 4 heterocycles. The van der Waals surface area contributed by atoms with Crippen LogP contribution < -0.4 is 37.5 Å². The molecule has 0 bridgehead atoms. The molecule has 0 saturated heterocycles. The summed E-state index contributed by atoms with van der Waals surface area (Å²) in [7, 11) is 8.53. The van der Waals surface area contributed by atoms with E-state index in [0.717, 1.165) is 22.4 Å². The molecule has 0 aliphatic heterocycles. The maximum atomic E-state index is 11.8. The number of nitrogen functional groups attached to an aromatic ring is 2. The fourth-order valence-electron chi connectivity index (χ4n) is 5.49. The number of aryl methyl sites for hydroxylation is 2. The number of methoxy groups -OCH3 is 1. The van der Waals surface area contributed by atoms with Gasteiger partial charge in [-0.2, -0.15) is 10.2 Å². The summed E-state index contributed by atoms with van der Waals surface area (Å²) in [5, 5.41) is 11.9. The molecular weight excluding hydrogens is 697 g/mol. The third kappa shape index (κ3) is 8.63. The molecule has 0 saturated carbocycles. The molecule has 0 spiro atoms. The Bertz CT molecular complexity index is 2540. The van der Waals surface area contributed by atoms with Crippen LogP contribution in [0.1, 0.15) is 5.56 Å². The van der Waals surface area contributed by atoms with Crippen molar-refractivity contribution in [3.63, 3.8) is 0 Å². The highest BCUT2D eigenvalue weighted by Gasteiger charge is 2.19. The van der Waals surface area contributed by atoms with Gasteiger partial charge in [-0.15, -0.1) is 0 Å². The summed E-state index contributed by atoms with van der Waals surface area (Å²) in [5.41, 5.74) is 18.1. The van der Waals surface area contributed by atoms with Crippen LogP contribution in [-0.2, 0) is 20.6 Å². The van der Waals surface area contributed by atoms with E-state index in [1.54, 1.807) is 38.2 Å². The minimum Gasteiger partial charge on any atom is -0.497 e. The highest BCUT2D eigenvalue weighted by molar-refractivity contribution is 5.81. The first-order valence-electron chi connectivity index (χ1n) is 17.1. The van der Waals surface area contributed by atoms with E-state index in [9.17, 15) is 9.59 Å².